The van der Waals surface area contributed by atoms with E-state index in [2.05, 4.69) is 13.8 Å². The summed E-state index contributed by atoms with van der Waals surface area (Å²) in [5.41, 5.74) is -0.560. The molecular weight excluding hydrogens is 324 g/mol. The highest BCUT2D eigenvalue weighted by atomic mass is 16.6. The van der Waals surface area contributed by atoms with Crippen LogP contribution in [0.15, 0.2) is 0 Å². The first-order chi connectivity index (χ1) is 12.2. The Morgan fingerprint density at radius 1 is 1.00 bits per heavy atom. The van der Waals surface area contributed by atoms with E-state index >= 15 is 0 Å². The summed E-state index contributed by atoms with van der Waals surface area (Å²) in [6.07, 6.45) is 13.8. The third-order valence-electron chi connectivity index (χ3n) is 8.29. The van der Waals surface area contributed by atoms with E-state index in [1.54, 1.807) is 0 Å². The van der Waals surface area contributed by atoms with E-state index in [9.17, 15) is 4.79 Å². The van der Waals surface area contributed by atoms with Crippen LogP contribution in [0.3, 0.4) is 0 Å². The Morgan fingerprint density at radius 3 is 2.12 bits per heavy atom. The summed E-state index contributed by atoms with van der Waals surface area (Å²) in [5, 5.41) is 0. The smallest absolute Gasteiger partial charge is 0.312 e. The van der Waals surface area contributed by atoms with Crippen LogP contribution >= 0.6 is 0 Å². The molecule has 3 heteroatoms. The Hall–Kier alpha value is -0.570. The van der Waals surface area contributed by atoms with Crippen LogP contribution in [0.1, 0.15) is 105 Å². The standard InChI is InChI=1S/C23H38O3/c1-5-20(3,4)19(24)25-22-12-17-11-18(13-22)15-23(14-17,16-22)26-21(6-2)9-7-8-10-21/h17-18H,5-16H2,1-4H3. The van der Waals surface area contributed by atoms with Crippen molar-refractivity contribution in [2.75, 3.05) is 0 Å². The van der Waals surface area contributed by atoms with Gasteiger partial charge in [0.25, 0.3) is 0 Å². The number of hydrogen-bond donors (Lipinski definition) is 0. The van der Waals surface area contributed by atoms with Crippen molar-refractivity contribution in [2.24, 2.45) is 17.3 Å². The van der Waals surface area contributed by atoms with Gasteiger partial charge in [-0.05, 0) is 83.5 Å². The molecule has 0 aromatic carbocycles. The maximum Gasteiger partial charge on any atom is 0.312 e. The minimum absolute atomic E-state index is 0.00294. The monoisotopic (exact) mass is 362 g/mol. The van der Waals surface area contributed by atoms with Gasteiger partial charge in [0, 0.05) is 6.42 Å². The molecule has 0 aromatic heterocycles. The van der Waals surface area contributed by atoms with Crippen molar-refractivity contribution >= 4 is 5.97 Å². The van der Waals surface area contributed by atoms with Crippen molar-refractivity contribution in [1.82, 2.24) is 0 Å². The first-order valence-corrected chi connectivity index (χ1v) is 11.2. The molecule has 0 aromatic rings. The number of rotatable bonds is 6. The quantitative estimate of drug-likeness (QED) is 0.560. The zero-order chi connectivity index (χ0) is 18.6. The Labute approximate surface area is 159 Å². The molecule has 0 aliphatic heterocycles. The molecule has 5 aliphatic carbocycles. The first kappa shape index (κ1) is 18.8. The molecule has 5 saturated carbocycles. The summed E-state index contributed by atoms with van der Waals surface area (Å²) in [4.78, 5) is 12.9. The van der Waals surface area contributed by atoms with Gasteiger partial charge in [0.05, 0.1) is 16.6 Å². The van der Waals surface area contributed by atoms with Gasteiger partial charge in [-0.1, -0.05) is 26.7 Å². The normalized spacial score (nSPS) is 40.8. The van der Waals surface area contributed by atoms with Crippen LogP contribution in [-0.4, -0.2) is 22.8 Å². The number of esters is 1. The molecule has 5 aliphatic rings. The van der Waals surface area contributed by atoms with E-state index in [4.69, 9.17) is 9.47 Å². The van der Waals surface area contributed by atoms with E-state index in [0.29, 0.717) is 11.8 Å². The van der Waals surface area contributed by atoms with Crippen molar-refractivity contribution in [1.29, 1.82) is 0 Å². The highest BCUT2D eigenvalue weighted by Crippen LogP contribution is 2.62. The van der Waals surface area contributed by atoms with Gasteiger partial charge in [-0.25, -0.2) is 0 Å². The Kier molecular flexibility index (Phi) is 4.49. The van der Waals surface area contributed by atoms with E-state index in [0.717, 1.165) is 32.1 Å². The number of carbonyl (C=O) groups is 1. The van der Waals surface area contributed by atoms with Crippen molar-refractivity contribution in [3.63, 3.8) is 0 Å². The topological polar surface area (TPSA) is 35.5 Å². The summed E-state index contributed by atoms with van der Waals surface area (Å²) in [5.74, 6) is 1.37. The highest BCUT2D eigenvalue weighted by Gasteiger charge is 2.62. The average Bonchev–Trinajstić information content (AvgIpc) is 3.01. The molecule has 4 bridgehead atoms. The fourth-order valence-electron chi connectivity index (χ4n) is 6.82. The lowest BCUT2D eigenvalue weighted by Crippen LogP contribution is -2.63. The van der Waals surface area contributed by atoms with Crippen LogP contribution in [0, 0.1) is 17.3 Å². The molecule has 0 N–H and O–H groups in total. The van der Waals surface area contributed by atoms with Gasteiger partial charge in [-0.3, -0.25) is 4.79 Å². The molecule has 2 atom stereocenters. The van der Waals surface area contributed by atoms with Gasteiger partial charge >= 0.3 is 5.97 Å². The summed E-state index contributed by atoms with van der Waals surface area (Å²) in [6, 6.07) is 0. The van der Waals surface area contributed by atoms with Gasteiger partial charge in [-0.15, -0.1) is 0 Å². The summed E-state index contributed by atoms with van der Waals surface area (Å²) in [6.45, 7) is 8.42. The van der Waals surface area contributed by atoms with Gasteiger partial charge in [0.2, 0.25) is 0 Å². The van der Waals surface area contributed by atoms with Crippen molar-refractivity contribution in [3.05, 3.63) is 0 Å². The fourth-order valence-corrected chi connectivity index (χ4v) is 6.82. The molecule has 0 spiro atoms. The second-order valence-corrected chi connectivity index (χ2v) is 10.8. The SMILES string of the molecule is CCC1(OC23CC4CC(CC(OC(=O)C(C)(C)CC)(C4)C2)C3)CCCC1. The Morgan fingerprint density at radius 2 is 1.58 bits per heavy atom. The zero-order valence-electron chi connectivity index (χ0n) is 17.4. The van der Waals surface area contributed by atoms with Gasteiger partial charge in [0.1, 0.15) is 5.60 Å². The molecule has 148 valence electrons. The summed E-state index contributed by atoms with van der Waals surface area (Å²) < 4.78 is 13.4. The van der Waals surface area contributed by atoms with Crippen molar-refractivity contribution in [3.8, 4) is 0 Å². The second-order valence-electron chi connectivity index (χ2n) is 10.8. The Bertz CT molecular complexity index is 544. The van der Waals surface area contributed by atoms with Crippen LogP contribution in [0.4, 0.5) is 0 Å². The third-order valence-corrected chi connectivity index (χ3v) is 8.29. The van der Waals surface area contributed by atoms with Crippen LogP contribution in [0.2, 0.25) is 0 Å². The lowest BCUT2D eigenvalue weighted by molar-refractivity contribution is -0.267. The molecule has 5 rings (SSSR count). The van der Waals surface area contributed by atoms with Crippen LogP contribution in [0.25, 0.3) is 0 Å². The number of ether oxygens (including phenoxy) is 2. The van der Waals surface area contributed by atoms with E-state index in [1.165, 1.54) is 44.9 Å². The molecular formula is C23H38O3. The second kappa shape index (κ2) is 6.22. The minimum atomic E-state index is -0.382. The lowest BCUT2D eigenvalue weighted by atomic mass is 9.52. The van der Waals surface area contributed by atoms with Crippen molar-refractivity contribution in [2.45, 2.75) is 122 Å². The molecule has 0 heterocycles. The van der Waals surface area contributed by atoms with E-state index in [1.807, 2.05) is 13.8 Å². The van der Waals surface area contributed by atoms with Crippen LogP contribution in [0.5, 0.6) is 0 Å². The predicted octanol–water partition coefficient (Wildman–Crippen LogP) is 5.80. The molecule has 0 saturated heterocycles. The molecule has 0 amide bonds. The van der Waals surface area contributed by atoms with Gasteiger partial charge in [0.15, 0.2) is 0 Å². The van der Waals surface area contributed by atoms with Crippen molar-refractivity contribution < 1.29 is 14.3 Å². The molecule has 26 heavy (non-hydrogen) atoms. The first-order valence-electron chi connectivity index (χ1n) is 11.2. The zero-order valence-corrected chi connectivity index (χ0v) is 17.4. The maximum absolute atomic E-state index is 12.9. The fraction of sp³-hybridized carbons (Fsp3) is 0.957. The maximum atomic E-state index is 12.9. The van der Waals surface area contributed by atoms with E-state index < -0.39 is 0 Å². The highest BCUT2D eigenvalue weighted by molar-refractivity contribution is 5.76. The summed E-state index contributed by atoms with van der Waals surface area (Å²) >= 11 is 0. The molecule has 2 unspecified atom stereocenters. The van der Waals surface area contributed by atoms with Gasteiger partial charge < -0.3 is 9.47 Å². The Balaban J connectivity index is 1.56. The number of carbonyl (C=O) groups excluding carboxylic acids is 1. The third kappa shape index (κ3) is 3.12. The van der Waals surface area contributed by atoms with Crippen LogP contribution < -0.4 is 0 Å². The largest absolute Gasteiger partial charge is 0.459 e. The number of hydrogen-bond acceptors (Lipinski definition) is 3. The predicted molar refractivity (Wildman–Crippen MR) is 103 cm³/mol. The molecule has 3 nitrogen and oxygen atoms in total. The summed E-state index contributed by atoms with van der Waals surface area (Å²) in [7, 11) is 0. The lowest BCUT2D eigenvalue weighted by Gasteiger charge is -2.62. The van der Waals surface area contributed by atoms with Gasteiger partial charge in [-0.2, -0.15) is 0 Å². The average molecular weight is 363 g/mol. The van der Waals surface area contributed by atoms with E-state index in [-0.39, 0.29) is 28.2 Å². The van der Waals surface area contributed by atoms with Crippen LogP contribution in [-0.2, 0) is 14.3 Å². The molecule has 0 radical (unpaired) electrons. The minimum Gasteiger partial charge on any atom is -0.459 e. The molecule has 5 fully saturated rings.